The SMILES string of the molecule is COc1cc(N)c(Cl)cc1-c1nnc2cnccn12. The van der Waals surface area contributed by atoms with Crippen molar-refractivity contribution < 1.29 is 4.74 Å². The van der Waals surface area contributed by atoms with Gasteiger partial charge in [-0.1, -0.05) is 11.6 Å². The lowest BCUT2D eigenvalue weighted by Gasteiger charge is -2.09. The number of anilines is 1. The molecular formula is C12H10ClN5O. The van der Waals surface area contributed by atoms with Crippen molar-refractivity contribution in [1.29, 1.82) is 0 Å². The van der Waals surface area contributed by atoms with Crippen LogP contribution in [0.5, 0.6) is 5.75 Å². The Kier molecular flexibility index (Phi) is 2.72. The maximum atomic E-state index is 6.06. The van der Waals surface area contributed by atoms with Gasteiger partial charge in [-0.2, -0.15) is 0 Å². The summed E-state index contributed by atoms with van der Waals surface area (Å²) in [5.74, 6) is 1.21. The van der Waals surface area contributed by atoms with Crippen LogP contribution in [0.4, 0.5) is 5.69 Å². The molecule has 0 aliphatic heterocycles. The average molecular weight is 276 g/mol. The molecule has 0 spiro atoms. The van der Waals surface area contributed by atoms with Gasteiger partial charge in [-0.15, -0.1) is 10.2 Å². The zero-order valence-electron chi connectivity index (χ0n) is 10.0. The third kappa shape index (κ3) is 1.86. The molecule has 0 bridgehead atoms. The van der Waals surface area contributed by atoms with Crippen LogP contribution in [0.25, 0.3) is 17.0 Å². The second-order valence-corrected chi connectivity index (χ2v) is 4.31. The maximum absolute atomic E-state index is 6.06. The minimum atomic E-state index is 0.446. The maximum Gasteiger partial charge on any atom is 0.179 e. The lowest BCUT2D eigenvalue weighted by atomic mass is 10.1. The van der Waals surface area contributed by atoms with E-state index in [-0.39, 0.29) is 0 Å². The molecule has 0 unspecified atom stereocenters. The zero-order chi connectivity index (χ0) is 13.4. The van der Waals surface area contributed by atoms with Crippen LogP contribution in [0.3, 0.4) is 0 Å². The van der Waals surface area contributed by atoms with Crippen molar-refractivity contribution in [2.45, 2.75) is 0 Å². The summed E-state index contributed by atoms with van der Waals surface area (Å²) in [5, 5.41) is 8.63. The third-order valence-electron chi connectivity index (χ3n) is 2.77. The molecular weight excluding hydrogens is 266 g/mol. The minimum absolute atomic E-state index is 0.446. The van der Waals surface area contributed by atoms with Crippen LogP contribution < -0.4 is 10.5 Å². The lowest BCUT2D eigenvalue weighted by molar-refractivity contribution is 0.416. The molecule has 7 heteroatoms. The Labute approximate surface area is 113 Å². The van der Waals surface area contributed by atoms with Crippen molar-refractivity contribution in [2.24, 2.45) is 0 Å². The van der Waals surface area contributed by atoms with Crippen LogP contribution in [0.15, 0.2) is 30.7 Å². The van der Waals surface area contributed by atoms with Crippen molar-refractivity contribution in [1.82, 2.24) is 19.6 Å². The molecule has 2 N–H and O–H groups in total. The van der Waals surface area contributed by atoms with E-state index in [1.165, 1.54) is 0 Å². The number of nitrogens with two attached hydrogens (primary N) is 1. The Bertz CT molecular complexity index is 755. The molecule has 0 radical (unpaired) electrons. The summed E-state index contributed by atoms with van der Waals surface area (Å²) in [6.07, 6.45) is 5.06. The number of fused-ring (bicyclic) bond motifs is 1. The van der Waals surface area contributed by atoms with Crippen LogP contribution in [0.2, 0.25) is 5.02 Å². The summed E-state index contributed by atoms with van der Waals surface area (Å²) >= 11 is 6.06. The fraction of sp³-hybridized carbons (Fsp3) is 0.0833. The van der Waals surface area contributed by atoms with Crippen molar-refractivity contribution in [3.63, 3.8) is 0 Å². The predicted octanol–water partition coefficient (Wildman–Crippen LogP) is 2.04. The molecule has 0 amide bonds. The lowest BCUT2D eigenvalue weighted by Crippen LogP contribution is -1.96. The number of rotatable bonds is 2. The molecule has 96 valence electrons. The topological polar surface area (TPSA) is 78.3 Å². The molecule has 0 aliphatic carbocycles. The molecule has 0 aliphatic rings. The summed E-state index contributed by atoms with van der Waals surface area (Å²) in [6.45, 7) is 0. The number of hydrogen-bond acceptors (Lipinski definition) is 5. The third-order valence-corrected chi connectivity index (χ3v) is 3.10. The van der Waals surface area contributed by atoms with Gasteiger partial charge in [-0.25, -0.2) is 0 Å². The Hall–Kier alpha value is -2.34. The van der Waals surface area contributed by atoms with E-state index in [4.69, 9.17) is 22.1 Å². The Morgan fingerprint density at radius 3 is 2.95 bits per heavy atom. The normalized spacial score (nSPS) is 10.8. The summed E-state index contributed by atoms with van der Waals surface area (Å²) in [6, 6.07) is 3.38. The number of methoxy groups -OCH3 is 1. The first-order valence-corrected chi connectivity index (χ1v) is 5.86. The average Bonchev–Trinajstić information content (AvgIpc) is 2.85. The molecule has 1 aromatic carbocycles. The van der Waals surface area contributed by atoms with Crippen LogP contribution in [0.1, 0.15) is 0 Å². The van der Waals surface area contributed by atoms with E-state index in [9.17, 15) is 0 Å². The van der Waals surface area contributed by atoms with Crippen LogP contribution >= 0.6 is 11.6 Å². The highest BCUT2D eigenvalue weighted by molar-refractivity contribution is 6.33. The van der Waals surface area contributed by atoms with Gasteiger partial charge < -0.3 is 10.5 Å². The van der Waals surface area contributed by atoms with E-state index in [0.29, 0.717) is 27.9 Å². The van der Waals surface area contributed by atoms with Gasteiger partial charge in [0, 0.05) is 18.5 Å². The minimum Gasteiger partial charge on any atom is -0.496 e. The molecule has 2 aromatic heterocycles. The molecule has 0 saturated heterocycles. The first-order chi connectivity index (χ1) is 9.20. The van der Waals surface area contributed by atoms with Crippen LogP contribution in [-0.2, 0) is 0 Å². The number of hydrogen-bond donors (Lipinski definition) is 1. The highest BCUT2D eigenvalue weighted by atomic mass is 35.5. The van der Waals surface area contributed by atoms with E-state index >= 15 is 0 Å². The number of nitrogens with zero attached hydrogens (tertiary/aromatic N) is 4. The van der Waals surface area contributed by atoms with E-state index in [1.807, 2.05) is 0 Å². The van der Waals surface area contributed by atoms with Crippen molar-refractivity contribution in [3.05, 3.63) is 35.7 Å². The van der Waals surface area contributed by atoms with Gasteiger partial charge >= 0.3 is 0 Å². The summed E-state index contributed by atoms with van der Waals surface area (Å²) in [7, 11) is 1.57. The van der Waals surface area contributed by atoms with E-state index < -0.39 is 0 Å². The van der Waals surface area contributed by atoms with Gasteiger partial charge in [0.05, 0.1) is 29.6 Å². The van der Waals surface area contributed by atoms with Crippen LogP contribution in [0, 0.1) is 0 Å². The Morgan fingerprint density at radius 2 is 2.16 bits per heavy atom. The fourth-order valence-corrected chi connectivity index (χ4v) is 2.01. The first kappa shape index (κ1) is 11.7. The monoisotopic (exact) mass is 275 g/mol. The summed E-state index contributed by atoms with van der Waals surface area (Å²) in [5.41, 5.74) is 7.59. The van der Waals surface area contributed by atoms with Gasteiger partial charge in [0.15, 0.2) is 11.5 Å². The second-order valence-electron chi connectivity index (χ2n) is 3.90. The zero-order valence-corrected chi connectivity index (χ0v) is 10.8. The standard InChI is InChI=1S/C12H10ClN5O/c1-19-10-5-9(14)8(13)4-7(10)12-17-16-11-6-15-2-3-18(11)12/h2-6H,14H2,1H3. The fourth-order valence-electron chi connectivity index (χ4n) is 1.85. The molecule has 3 aromatic rings. The van der Waals surface area contributed by atoms with Gasteiger partial charge in [0.2, 0.25) is 0 Å². The van der Waals surface area contributed by atoms with E-state index in [0.717, 1.165) is 5.56 Å². The number of halogens is 1. The van der Waals surface area contributed by atoms with E-state index in [1.54, 1.807) is 42.2 Å². The first-order valence-electron chi connectivity index (χ1n) is 5.49. The molecule has 0 fully saturated rings. The largest absolute Gasteiger partial charge is 0.496 e. The molecule has 0 saturated carbocycles. The second kappa shape index (κ2) is 4.40. The van der Waals surface area contributed by atoms with E-state index in [2.05, 4.69) is 15.2 Å². The molecule has 3 rings (SSSR count). The number of benzene rings is 1. The smallest absolute Gasteiger partial charge is 0.179 e. The van der Waals surface area contributed by atoms with Gasteiger partial charge in [0.25, 0.3) is 0 Å². The number of aromatic nitrogens is 4. The molecule has 2 heterocycles. The van der Waals surface area contributed by atoms with Crippen molar-refractivity contribution >= 4 is 22.9 Å². The number of nitrogen functional groups attached to an aromatic ring is 1. The number of ether oxygens (including phenoxy) is 1. The molecule has 0 atom stereocenters. The summed E-state index contributed by atoms with van der Waals surface area (Å²) < 4.78 is 7.12. The van der Waals surface area contributed by atoms with Crippen molar-refractivity contribution in [2.75, 3.05) is 12.8 Å². The quantitative estimate of drug-likeness (QED) is 0.724. The predicted molar refractivity (Wildman–Crippen MR) is 72.2 cm³/mol. The van der Waals surface area contributed by atoms with Gasteiger partial charge in [0.1, 0.15) is 5.75 Å². The highest BCUT2D eigenvalue weighted by Gasteiger charge is 2.15. The Morgan fingerprint density at radius 1 is 1.32 bits per heavy atom. The van der Waals surface area contributed by atoms with Gasteiger partial charge in [-0.3, -0.25) is 9.38 Å². The summed E-state index contributed by atoms with van der Waals surface area (Å²) in [4.78, 5) is 3.99. The highest BCUT2D eigenvalue weighted by Crippen LogP contribution is 2.35. The molecule has 6 nitrogen and oxygen atoms in total. The molecule has 19 heavy (non-hydrogen) atoms. The van der Waals surface area contributed by atoms with Gasteiger partial charge in [-0.05, 0) is 6.07 Å². The van der Waals surface area contributed by atoms with Crippen molar-refractivity contribution in [3.8, 4) is 17.1 Å². The Balaban J connectivity index is 2.29. The van der Waals surface area contributed by atoms with Crippen LogP contribution in [-0.4, -0.2) is 26.7 Å².